The quantitative estimate of drug-likeness (QED) is 0.382. The van der Waals surface area contributed by atoms with Crippen LogP contribution in [0.1, 0.15) is 61.9 Å². The third kappa shape index (κ3) is 4.60. The third-order valence-corrected chi connectivity index (χ3v) is 9.08. The van der Waals surface area contributed by atoms with E-state index in [0.717, 1.165) is 68.7 Å². The molecule has 33 heavy (non-hydrogen) atoms. The normalized spacial score (nSPS) is 28.8. The van der Waals surface area contributed by atoms with E-state index in [2.05, 4.69) is 21.9 Å². The molecule has 1 saturated carbocycles. The zero-order chi connectivity index (χ0) is 22.9. The number of nitrogens with zero attached hydrogens (tertiary/aromatic N) is 2. The van der Waals surface area contributed by atoms with Crippen LogP contribution in [0.3, 0.4) is 0 Å². The zero-order valence-electron chi connectivity index (χ0n) is 19.4. The van der Waals surface area contributed by atoms with Gasteiger partial charge in [0.1, 0.15) is 12.0 Å². The molecule has 3 saturated heterocycles. The average molecular weight is 473 g/mol. The first kappa shape index (κ1) is 22.6. The fraction of sp³-hybridized carbons (Fsp3) is 0.640. The van der Waals surface area contributed by atoms with Crippen LogP contribution in [-0.2, 0) is 19.7 Å². The van der Waals surface area contributed by atoms with E-state index in [0.29, 0.717) is 22.8 Å². The van der Waals surface area contributed by atoms with E-state index < -0.39 is 5.41 Å². The fourth-order valence-electron chi connectivity index (χ4n) is 6.17. The number of quaternary nitrogens is 1. The predicted octanol–water partition coefficient (Wildman–Crippen LogP) is 4.43. The number of fused-ring (bicyclic) bond motifs is 3. The number of piperidine rings is 3. The molecular weight excluding hydrogens is 438 g/mol. The van der Waals surface area contributed by atoms with E-state index in [1.54, 1.807) is 17.4 Å². The maximum atomic E-state index is 13.8. The highest BCUT2D eigenvalue weighted by Gasteiger charge is 2.51. The Kier molecular flexibility index (Phi) is 6.31. The van der Waals surface area contributed by atoms with Crippen molar-refractivity contribution in [2.75, 3.05) is 31.5 Å². The Bertz CT molecular complexity index is 970. The van der Waals surface area contributed by atoms with E-state index >= 15 is 0 Å². The molecule has 1 aliphatic carbocycles. The maximum absolute atomic E-state index is 13.8. The van der Waals surface area contributed by atoms with E-state index in [9.17, 15) is 9.59 Å². The second kappa shape index (κ2) is 9.22. The molecule has 6 rings (SSSR count). The number of esters is 1. The minimum atomic E-state index is -0.497. The Labute approximate surface area is 199 Å². The Hall–Kier alpha value is -2.19. The van der Waals surface area contributed by atoms with Gasteiger partial charge in [-0.3, -0.25) is 14.9 Å². The number of nitrogens with one attached hydrogen (secondary N) is 1. The largest absolute Gasteiger partial charge is 0.455 e. The van der Waals surface area contributed by atoms with Gasteiger partial charge < -0.3 is 13.7 Å². The van der Waals surface area contributed by atoms with Gasteiger partial charge in [0.2, 0.25) is 5.88 Å². The molecule has 1 amide bonds. The van der Waals surface area contributed by atoms with Gasteiger partial charge in [0, 0.05) is 29.7 Å². The summed E-state index contributed by atoms with van der Waals surface area (Å²) in [4.78, 5) is 27.7. The maximum Gasteiger partial charge on any atom is 0.317 e. The van der Waals surface area contributed by atoms with Gasteiger partial charge in [0.15, 0.2) is 12.6 Å². The molecule has 178 valence electrons. The second-order valence-electron chi connectivity index (χ2n) is 10.3. The average Bonchev–Trinajstić information content (AvgIpc) is 3.41. The van der Waals surface area contributed by atoms with Crippen LogP contribution >= 0.6 is 11.3 Å². The molecule has 7 nitrogen and oxygen atoms in total. The molecule has 0 aromatic carbocycles. The van der Waals surface area contributed by atoms with Crippen LogP contribution in [0, 0.1) is 12.8 Å². The number of anilines is 1. The highest BCUT2D eigenvalue weighted by atomic mass is 32.1. The number of thiophene rings is 1. The Morgan fingerprint density at radius 3 is 2.64 bits per heavy atom. The van der Waals surface area contributed by atoms with Gasteiger partial charge in [0.05, 0.1) is 18.8 Å². The minimum Gasteiger partial charge on any atom is -0.455 e. The number of carbonyl (C=O) groups is 2. The molecule has 1 N–H and O–H groups in total. The Balaban J connectivity index is 1.28. The van der Waals surface area contributed by atoms with Crippen LogP contribution in [0.15, 0.2) is 28.1 Å². The lowest BCUT2D eigenvalue weighted by molar-refractivity contribution is -0.939. The first-order valence-corrected chi connectivity index (χ1v) is 13.2. The summed E-state index contributed by atoms with van der Waals surface area (Å²) in [5.41, 5.74) is 0.240. The van der Waals surface area contributed by atoms with E-state index in [1.165, 1.54) is 12.8 Å². The van der Waals surface area contributed by atoms with E-state index in [-0.39, 0.29) is 18.0 Å². The zero-order valence-corrected chi connectivity index (χ0v) is 20.2. The first-order chi connectivity index (χ1) is 16.0. The van der Waals surface area contributed by atoms with Crippen molar-refractivity contribution in [2.45, 2.75) is 69.8 Å². The van der Waals surface area contributed by atoms with Crippen LogP contribution in [0.5, 0.6) is 0 Å². The molecule has 2 aromatic heterocycles. The number of aromatic nitrogens is 1. The van der Waals surface area contributed by atoms with Crippen molar-refractivity contribution in [3.8, 4) is 0 Å². The first-order valence-electron chi connectivity index (χ1n) is 12.3. The van der Waals surface area contributed by atoms with Crippen LogP contribution < -0.4 is 5.32 Å². The summed E-state index contributed by atoms with van der Waals surface area (Å²) in [6.45, 7) is 4.83. The van der Waals surface area contributed by atoms with Crippen molar-refractivity contribution in [1.29, 1.82) is 0 Å². The number of ether oxygens (including phenoxy) is 1. The van der Waals surface area contributed by atoms with Gasteiger partial charge >= 0.3 is 5.97 Å². The highest BCUT2D eigenvalue weighted by molar-refractivity contribution is 7.10. The van der Waals surface area contributed by atoms with Crippen LogP contribution in [0.4, 0.5) is 5.88 Å². The summed E-state index contributed by atoms with van der Waals surface area (Å²) in [6.07, 6.45) is 8.16. The van der Waals surface area contributed by atoms with Crippen LogP contribution in [0.25, 0.3) is 0 Å². The van der Waals surface area contributed by atoms with Gasteiger partial charge in [-0.15, -0.1) is 11.3 Å². The second-order valence-corrected chi connectivity index (χ2v) is 11.2. The lowest BCUT2D eigenvalue weighted by atomic mass is 9.78. The molecule has 4 aliphatic rings. The minimum absolute atomic E-state index is 0.0367. The number of carbonyl (C=O) groups excluding carboxylic acids is 2. The summed E-state index contributed by atoms with van der Waals surface area (Å²) < 4.78 is 12.2. The standard InChI is InChI=1S/C25H33N3O4S/c1-18-15-23(32-27-18)26-22(29)17-28-12-8-19(9-13-28)20(16-28)31-24(30)25(21-7-6-14-33-21)10-4-2-3-5-11-25/h6-7,14-15,19-20H,2-5,8-13,16-17H2,1H3/p+1. The summed E-state index contributed by atoms with van der Waals surface area (Å²) >= 11 is 1.68. The number of amides is 1. The summed E-state index contributed by atoms with van der Waals surface area (Å²) in [6, 6.07) is 5.88. The van der Waals surface area contributed by atoms with Crippen LogP contribution in [-0.4, -0.2) is 53.8 Å². The molecule has 0 radical (unpaired) electrons. The number of aryl methyl sites for hydroxylation is 1. The molecule has 3 aliphatic heterocycles. The molecule has 0 spiro atoms. The van der Waals surface area contributed by atoms with Gasteiger partial charge in [-0.2, -0.15) is 0 Å². The SMILES string of the molecule is Cc1cc(NC(=O)C[N+]23CCC(CC2)C(OC(=O)C2(c4cccs4)CCCCCC2)C3)on1. The van der Waals surface area contributed by atoms with Gasteiger partial charge in [0.25, 0.3) is 5.91 Å². The molecule has 8 heteroatoms. The number of hydrogen-bond donors (Lipinski definition) is 1. The van der Waals surface area contributed by atoms with Crippen molar-refractivity contribution < 1.29 is 23.3 Å². The van der Waals surface area contributed by atoms with Crippen molar-refractivity contribution >= 4 is 29.1 Å². The third-order valence-electron chi connectivity index (χ3n) is 8.01. The predicted molar refractivity (Wildman–Crippen MR) is 126 cm³/mol. The monoisotopic (exact) mass is 472 g/mol. The molecule has 5 heterocycles. The van der Waals surface area contributed by atoms with E-state index in [4.69, 9.17) is 9.26 Å². The summed E-state index contributed by atoms with van der Waals surface area (Å²) in [7, 11) is 0. The van der Waals surface area contributed by atoms with Gasteiger partial charge in [-0.1, -0.05) is 36.9 Å². The van der Waals surface area contributed by atoms with Gasteiger partial charge in [-0.25, -0.2) is 0 Å². The Morgan fingerprint density at radius 1 is 1.24 bits per heavy atom. The molecule has 1 unspecified atom stereocenters. The van der Waals surface area contributed by atoms with Crippen molar-refractivity contribution in [3.63, 3.8) is 0 Å². The van der Waals surface area contributed by atoms with Crippen molar-refractivity contribution in [3.05, 3.63) is 34.2 Å². The number of rotatable bonds is 6. The highest BCUT2D eigenvalue weighted by Crippen LogP contribution is 2.43. The fourth-order valence-corrected chi connectivity index (χ4v) is 7.14. The van der Waals surface area contributed by atoms with Crippen molar-refractivity contribution in [2.24, 2.45) is 5.92 Å². The smallest absolute Gasteiger partial charge is 0.317 e. The Morgan fingerprint density at radius 2 is 2.00 bits per heavy atom. The molecule has 2 aromatic rings. The molecule has 4 fully saturated rings. The summed E-state index contributed by atoms with van der Waals surface area (Å²) in [5, 5.41) is 8.74. The topological polar surface area (TPSA) is 81.4 Å². The number of hydrogen-bond acceptors (Lipinski definition) is 6. The van der Waals surface area contributed by atoms with Crippen molar-refractivity contribution in [1.82, 2.24) is 5.16 Å². The van der Waals surface area contributed by atoms with Crippen LogP contribution in [0.2, 0.25) is 0 Å². The molecular formula is C25H34N3O4S+. The molecule has 2 bridgehead atoms. The summed E-state index contributed by atoms with van der Waals surface area (Å²) in [5.74, 6) is 0.678. The molecule has 1 atom stereocenters. The lowest BCUT2D eigenvalue weighted by Crippen LogP contribution is -2.66. The van der Waals surface area contributed by atoms with E-state index in [1.807, 2.05) is 13.0 Å². The van der Waals surface area contributed by atoms with Gasteiger partial charge in [-0.05, 0) is 31.2 Å². The lowest BCUT2D eigenvalue weighted by Gasteiger charge is -2.51.